The first kappa shape index (κ1) is 30.9. The van der Waals surface area contributed by atoms with Crippen molar-refractivity contribution in [3.63, 3.8) is 0 Å². The molecule has 0 N–H and O–H groups in total. The number of carbonyl (C=O) groups excluding carboxylic acids is 2. The molecule has 1 aliphatic rings. The fraction of sp³-hybridized carbons (Fsp3) is 0.586. The first-order chi connectivity index (χ1) is 16.8. The van der Waals surface area contributed by atoms with Crippen LogP contribution in [0.5, 0.6) is 0 Å². The molecule has 0 aromatic carbocycles. The molecule has 0 amide bonds. The van der Waals surface area contributed by atoms with Gasteiger partial charge in [-0.1, -0.05) is 51.2 Å². The van der Waals surface area contributed by atoms with E-state index in [1.165, 1.54) is 21.3 Å². The number of aryl methyl sites for hydroxylation is 2. The van der Waals surface area contributed by atoms with E-state index in [0.717, 1.165) is 25.7 Å². The summed E-state index contributed by atoms with van der Waals surface area (Å²) in [6, 6.07) is 2.22. The normalized spacial score (nSPS) is 19.6. The summed E-state index contributed by atoms with van der Waals surface area (Å²) in [7, 11) is -0.539. The van der Waals surface area contributed by atoms with Crippen molar-refractivity contribution in [2.75, 3.05) is 7.11 Å². The second kappa shape index (κ2) is 14.0. The van der Waals surface area contributed by atoms with E-state index in [4.69, 9.17) is 4.43 Å². The van der Waals surface area contributed by atoms with E-state index in [1.807, 2.05) is 17.4 Å². The minimum Gasteiger partial charge on any atom is -0.469 e. The molecule has 7 heteroatoms. The number of unbranched alkanes of at least 4 members (excludes halogenated alkanes) is 1. The van der Waals surface area contributed by atoms with Crippen LogP contribution in [0.15, 0.2) is 47.0 Å². The van der Waals surface area contributed by atoms with Crippen LogP contribution in [0.1, 0.15) is 62.6 Å². The van der Waals surface area contributed by atoms with Crippen LogP contribution in [0.4, 0.5) is 0 Å². The van der Waals surface area contributed by atoms with Gasteiger partial charge in [0.15, 0.2) is 14.1 Å². The minimum absolute atomic E-state index is 0.0192. The lowest BCUT2D eigenvalue weighted by Crippen LogP contribution is -2.43. The highest BCUT2D eigenvalue weighted by molar-refractivity contribution is 9.10. The summed E-state index contributed by atoms with van der Waals surface area (Å²) in [4.78, 5) is 26.4. The molecule has 1 heterocycles. The largest absolute Gasteiger partial charge is 0.469 e. The summed E-state index contributed by atoms with van der Waals surface area (Å²) in [5.74, 6) is 0.0214. The van der Waals surface area contributed by atoms with Crippen molar-refractivity contribution in [2.24, 2.45) is 11.8 Å². The van der Waals surface area contributed by atoms with E-state index in [-0.39, 0.29) is 34.7 Å². The molecule has 36 heavy (non-hydrogen) atoms. The molecule has 1 aromatic rings. The number of rotatable bonds is 13. The zero-order valence-corrected chi connectivity index (χ0v) is 26.3. The Hall–Kier alpha value is -1.28. The van der Waals surface area contributed by atoms with Gasteiger partial charge in [-0.2, -0.15) is 0 Å². The second-order valence-electron chi connectivity index (χ2n) is 11.1. The van der Waals surface area contributed by atoms with Crippen LogP contribution in [-0.4, -0.2) is 33.3 Å². The summed E-state index contributed by atoms with van der Waals surface area (Å²) >= 11 is 5.47. The van der Waals surface area contributed by atoms with Crippen LogP contribution in [0.25, 0.3) is 0 Å². The Morgan fingerprint density at radius 1 is 1.28 bits per heavy atom. The Morgan fingerprint density at radius 2 is 2.00 bits per heavy atom. The maximum absolute atomic E-state index is 12.5. The number of allylic oxidation sites excluding steroid dienone is 5. The van der Waals surface area contributed by atoms with Crippen molar-refractivity contribution in [1.82, 2.24) is 0 Å². The molecule has 4 nitrogen and oxygen atoms in total. The van der Waals surface area contributed by atoms with Gasteiger partial charge >= 0.3 is 5.97 Å². The highest BCUT2D eigenvalue weighted by Gasteiger charge is 2.39. The average molecular weight is 596 g/mol. The molecular weight excluding hydrogens is 552 g/mol. The van der Waals surface area contributed by atoms with E-state index in [1.54, 1.807) is 6.08 Å². The molecule has 3 atom stereocenters. The van der Waals surface area contributed by atoms with Crippen molar-refractivity contribution in [1.29, 1.82) is 0 Å². The first-order valence-corrected chi connectivity index (χ1v) is 17.4. The van der Waals surface area contributed by atoms with Crippen molar-refractivity contribution < 1.29 is 18.8 Å². The van der Waals surface area contributed by atoms with Gasteiger partial charge in [-0.3, -0.25) is 9.59 Å². The first-order valence-electron chi connectivity index (χ1n) is 12.9. The Balaban J connectivity index is 2.05. The van der Waals surface area contributed by atoms with Gasteiger partial charge in [0.25, 0.3) is 0 Å². The summed E-state index contributed by atoms with van der Waals surface area (Å²) < 4.78 is 12.7. The molecule has 0 saturated heterocycles. The Labute approximate surface area is 231 Å². The van der Waals surface area contributed by atoms with E-state index in [0.29, 0.717) is 12.8 Å². The second-order valence-corrected chi connectivity index (χ2v) is 18.0. The van der Waals surface area contributed by atoms with Crippen molar-refractivity contribution in [2.45, 2.75) is 90.5 Å². The molecule has 0 aliphatic heterocycles. The number of carbonyl (C=O) groups is 2. The third-order valence-electron chi connectivity index (χ3n) is 7.23. The number of ether oxygens (including phenoxy) is 1. The van der Waals surface area contributed by atoms with Crippen LogP contribution in [-0.2, 0) is 25.2 Å². The number of hydrogen-bond acceptors (Lipinski definition) is 5. The maximum Gasteiger partial charge on any atom is 0.305 e. The number of ketones is 1. The third-order valence-corrected chi connectivity index (χ3v) is 13.9. The standard InChI is InChI=1S/C29H43BrO4SSi/c1-21-26(30)20-24(35-21)18-17-23(34-36(6,7)29(2,3)4)16-14-22-15-19-27(31)25(22)12-10-8-9-11-13-28(32)33-5/h8,10,14-16,19-20,22-23,25H,9,11-13,17-18H2,1-7H3/t22-,23?,25+/m0/s1. The van der Waals surface area contributed by atoms with Crippen LogP contribution in [0.3, 0.4) is 0 Å². The topological polar surface area (TPSA) is 52.6 Å². The predicted molar refractivity (Wildman–Crippen MR) is 157 cm³/mol. The average Bonchev–Trinajstić information content (AvgIpc) is 3.31. The quantitative estimate of drug-likeness (QED) is 0.0995. The van der Waals surface area contributed by atoms with Gasteiger partial charge in [-0.25, -0.2) is 0 Å². The van der Waals surface area contributed by atoms with Gasteiger partial charge in [0.05, 0.1) is 13.2 Å². The van der Waals surface area contributed by atoms with Crippen LogP contribution < -0.4 is 0 Å². The smallest absolute Gasteiger partial charge is 0.305 e. The molecule has 0 radical (unpaired) electrons. The Kier molecular flexibility index (Phi) is 12.1. The van der Waals surface area contributed by atoms with Crippen molar-refractivity contribution >= 4 is 47.3 Å². The summed E-state index contributed by atoms with van der Waals surface area (Å²) in [5, 5.41) is 0.131. The lowest BCUT2D eigenvalue weighted by molar-refractivity contribution is -0.140. The predicted octanol–water partition coefficient (Wildman–Crippen LogP) is 8.36. The van der Waals surface area contributed by atoms with Crippen LogP contribution >= 0.6 is 27.3 Å². The summed E-state index contributed by atoms with van der Waals surface area (Å²) in [5.41, 5.74) is 0. The Bertz CT molecular complexity index is 951. The van der Waals surface area contributed by atoms with Crippen molar-refractivity contribution in [3.8, 4) is 0 Å². The lowest BCUT2D eigenvalue weighted by Gasteiger charge is -2.38. The summed E-state index contributed by atoms with van der Waals surface area (Å²) in [6.07, 6.45) is 16.9. The van der Waals surface area contributed by atoms with E-state index in [9.17, 15) is 9.59 Å². The van der Waals surface area contributed by atoms with Crippen molar-refractivity contribution in [3.05, 3.63) is 56.7 Å². The summed E-state index contributed by atoms with van der Waals surface area (Å²) in [6.45, 7) is 13.5. The lowest BCUT2D eigenvalue weighted by atomic mass is 9.90. The molecule has 1 unspecified atom stereocenters. The molecular formula is C29H43BrO4SSi. The van der Waals surface area contributed by atoms with Gasteiger partial charge < -0.3 is 9.16 Å². The monoisotopic (exact) mass is 594 g/mol. The Morgan fingerprint density at radius 3 is 2.61 bits per heavy atom. The number of thiophene rings is 1. The number of esters is 1. The molecule has 0 saturated carbocycles. The molecule has 1 aromatic heterocycles. The fourth-order valence-electron chi connectivity index (χ4n) is 3.88. The van der Waals surface area contributed by atoms with Gasteiger partial charge in [0, 0.05) is 32.5 Å². The van der Waals surface area contributed by atoms with Crippen LogP contribution in [0, 0.1) is 18.8 Å². The number of hydrogen-bond donors (Lipinski definition) is 0. The van der Waals surface area contributed by atoms with Gasteiger partial charge in [0.2, 0.25) is 0 Å². The minimum atomic E-state index is -1.95. The van der Waals surface area contributed by atoms with E-state index >= 15 is 0 Å². The molecule has 2 rings (SSSR count). The molecule has 0 bridgehead atoms. The van der Waals surface area contributed by atoms with Gasteiger partial charge in [-0.05, 0) is 85.2 Å². The third kappa shape index (κ3) is 9.55. The zero-order valence-electron chi connectivity index (χ0n) is 22.9. The molecule has 0 fully saturated rings. The molecule has 0 spiro atoms. The molecule has 200 valence electrons. The zero-order chi connectivity index (χ0) is 26.9. The highest BCUT2D eigenvalue weighted by Crippen LogP contribution is 2.38. The maximum atomic E-state index is 12.5. The van der Waals surface area contributed by atoms with E-state index in [2.05, 4.69) is 91.8 Å². The molecule has 1 aliphatic carbocycles. The van der Waals surface area contributed by atoms with Gasteiger partial charge in [-0.15, -0.1) is 11.3 Å². The number of halogens is 1. The van der Waals surface area contributed by atoms with Gasteiger partial charge in [0.1, 0.15) is 0 Å². The number of methoxy groups -OCH3 is 1. The fourth-order valence-corrected chi connectivity index (χ4v) is 6.80. The van der Waals surface area contributed by atoms with E-state index < -0.39 is 8.32 Å². The highest BCUT2D eigenvalue weighted by atomic mass is 79.9. The SMILES string of the molecule is COC(=O)CCCC=CC[C@H]1C(=O)C=C[C@@H]1C=CC(CCc1cc(Br)c(C)s1)O[Si](C)(C)C(C)(C)C. The van der Waals surface area contributed by atoms with Crippen LogP contribution in [0.2, 0.25) is 18.1 Å².